The van der Waals surface area contributed by atoms with Gasteiger partial charge in [0, 0.05) is 23.4 Å². The zero-order chi connectivity index (χ0) is 21.3. The molecule has 2 N–H and O–H groups in total. The third kappa shape index (κ3) is 3.69. The summed E-state index contributed by atoms with van der Waals surface area (Å²) in [6.07, 6.45) is 1.52. The molecule has 3 aromatic rings. The van der Waals surface area contributed by atoms with E-state index in [0.717, 1.165) is 5.56 Å². The van der Waals surface area contributed by atoms with Gasteiger partial charge in [-0.3, -0.25) is 9.59 Å². The first-order valence-electron chi connectivity index (χ1n) is 9.42. The number of fused-ring (bicyclic) bond motifs is 1. The number of nitrogens with zero attached hydrogens (tertiary/aromatic N) is 1. The standard InChI is InChI=1S/C23H21N3O4/c1-23(2)18-9-7-14(11-19(18)26-22(23)28)21(27)25-15-8-10-20(24-13-15)30-17-6-4-5-16(12-17)29-3/h4-13H,1-3H3,(H,25,27)(H,26,28). The maximum absolute atomic E-state index is 12.6. The summed E-state index contributed by atoms with van der Waals surface area (Å²) >= 11 is 0. The van der Waals surface area contributed by atoms with Crippen molar-refractivity contribution in [1.29, 1.82) is 0 Å². The van der Waals surface area contributed by atoms with Crippen LogP contribution in [0.1, 0.15) is 29.8 Å². The van der Waals surface area contributed by atoms with Crippen LogP contribution in [0.15, 0.2) is 60.8 Å². The molecule has 1 aliphatic rings. The molecule has 0 radical (unpaired) electrons. The number of rotatable bonds is 5. The van der Waals surface area contributed by atoms with Crippen LogP contribution in [0.5, 0.6) is 17.4 Å². The van der Waals surface area contributed by atoms with Crippen molar-refractivity contribution < 1.29 is 19.1 Å². The summed E-state index contributed by atoms with van der Waals surface area (Å²) in [5.41, 5.74) is 1.92. The summed E-state index contributed by atoms with van der Waals surface area (Å²) in [5.74, 6) is 1.31. The molecule has 1 aromatic heterocycles. The van der Waals surface area contributed by atoms with Crippen LogP contribution < -0.4 is 20.1 Å². The number of aromatic nitrogens is 1. The second kappa shape index (κ2) is 7.51. The number of amides is 2. The van der Waals surface area contributed by atoms with Crippen molar-refractivity contribution in [3.05, 3.63) is 71.9 Å². The van der Waals surface area contributed by atoms with Gasteiger partial charge in [0.1, 0.15) is 11.5 Å². The smallest absolute Gasteiger partial charge is 0.255 e. The number of ether oxygens (including phenoxy) is 2. The van der Waals surface area contributed by atoms with Crippen LogP contribution in [0.4, 0.5) is 11.4 Å². The number of hydrogen-bond acceptors (Lipinski definition) is 5. The van der Waals surface area contributed by atoms with Crippen LogP contribution in [0, 0.1) is 0 Å². The molecule has 0 saturated heterocycles. The van der Waals surface area contributed by atoms with Gasteiger partial charge in [-0.15, -0.1) is 0 Å². The van der Waals surface area contributed by atoms with Gasteiger partial charge in [-0.25, -0.2) is 4.98 Å². The van der Waals surface area contributed by atoms with E-state index < -0.39 is 5.41 Å². The quantitative estimate of drug-likeness (QED) is 0.661. The Hall–Kier alpha value is -3.87. The van der Waals surface area contributed by atoms with Gasteiger partial charge >= 0.3 is 0 Å². The van der Waals surface area contributed by atoms with Crippen LogP contribution in [0.2, 0.25) is 0 Å². The van der Waals surface area contributed by atoms with Crippen LogP contribution in [0.3, 0.4) is 0 Å². The molecule has 4 rings (SSSR count). The lowest BCUT2D eigenvalue weighted by atomic mass is 9.86. The van der Waals surface area contributed by atoms with Crippen molar-refractivity contribution >= 4 is 23.2 Å². The predicted molar refractivity (Wildman–Crippen MR) is 113 cm³/mol. The lowest BCUT2D eigenvalue weighted by Crippen LogP contribution is -2.26. The average molecular weight is 403 g/mol. The van der Waals surface area contributed by atoms with Gasteiger partial charge in [-0.1, -0.05) is 12.1 Å². The average Bonchev–Trinajstić information content (AvgIpc) is 2.97. The first-order chi connectivity index (χ1) is 14.4. The van der Waals surface area contributed by atoms with Crippen molar-refractivity contribution in [2.45, 2.75) is 19.3 Å². The summed E-state index contributed by atoms with van der Waals surface area (Å²) < 4.78 is 10.9. The highest BCUT2D eigenvalue weighted by Crippen LogP contribution is 2.37. The van der Waals surface area contributed by atoms with Crippen LogP contribution >= 0.6 is 0 Å². The van der Waals surface area contributed by atoms with E-state index in [-0.39, 0.29) is 11.8 Å². The van der Waals surface area contributed by atoms with Crippen LogP contribution in [-0.2, 0) is 10.2 Å². The fraction of sp³-hybridized carbons (Fsp3) is 0.174. The van der Waals surface area contributed by atoms with Gasteiger partial charge in [0.05, 0.1) is 24.4 Å². The lowest BCUT2D eigenvalue weighted by molar-refractivity contribution is -0.119. The zero-order valence-electron chi connectivity index (χ0n) is 16.9. The van der Waals surface area contributed by atoms with Gasteiger partial charge in [0.2, 0.25) is 11.8 Å². The summed E-state index contributed by atoms with van der Waals surface area (Å²) in [5, 5.41) is 5.63. The summed E-state index contributed by atoms with van der Waals surface area (Å²) in [6, 6.07) is 15.8. The molecule has 30 heavy (non-hydrogen) atoms. The molecule has 7 heteroatoms. The SMILES string of the molecule is COc1cccc(Oc2ccc(NC(=O)c3ccc4c(c3)NC(=O)C4(C)C)cn2)c1. The molecule has 2 heterocycles. The largest absolute Gasteiger partial charge is 0.497 e. The van der Waals surface area contributed by atoms with Crippen molar-refractivity contribution in [2.75, 3.05) is 17.7 Å². The Bertz CT molecular complexity index is 1120. The Morgan fingerprint density at radius 2 is 1.87 bits per heavy atom. The summed E-state index contributed by atoms with van der Waals surface area (Å²) in [6.45, 7) is 3.71. The lowest BCUT2D eigenvalue weighted by Gasteiger charge is -2.15. The molecule has 0 spiro atoms. The second-order valence-corrected chi connectivity index (χ2v) is 7.46. The number of hydrogen-bond donors (Lipinski definition) is 2. The summed E-state index contributed by atoms with van der Waals surface area (Å²) in [7, 11) is 1.59. The van der Waals surface area contributed by atoms with Gasteiger partial charge in [0.25, 0.3) is 5.91 Å². The molecule has 0 unspecified atom stereocenters. The van der Waals surface area contributed by atoms with E-state index in [2.05, 4.69) is 15.6 Å². The molecule has 7 nitrogen and oxygen atoms in total. The Balaban J connectivity index is 1.44. The molecule has 0 atom stereocenters. The number of pyridine rings is 1. The molecule has 0 bridgehead atoms. The maximum atomic E-state index is 12.6. The molecular formula is C23H21N3O4. The minimum Gasteiger partial charge on any atom is -0.497 e. The molecule has 0 fully saturated rings. The second-order valence-electron chi connectivity index (χ2n) is 7.46. The molecule has 0 aliphatic carbocycles. The summed E-state index contributed by atoms with van der Waals surface area (Å²) in [4.78, 5) is 28.9. The highest BCUT2D eigenvalue weighted by Gasteiger charge is 2.38. The minimum absolute atomic E-state index is 0.0779. The van der Waals surface area contributed by atoms with E-state index in [4.69, 9.17) is 9.47 Å². The van der Waals surface area contributed by atoms with E-state index >= 15 is 0 Å². The first kappa shape index (κ1) is 19.4. The van der Waals surface area contributed by atoms with E-state index in [9.17, 15) is 9.59 Å². The van der Waals surface area contributed by atoms with Crippen molar-refractivity contribution in [3.8, 4) is 17.4 Å². The van der Waals surface area contributed by atoms with Crippen molar-refractivity contribution in [1.82, 2.24) is 4.98 Å². The Labute approximate surface area is 174 Å². The van der Waals surface area contributed by atoms with Crippen LogP contribution in [0.25, 0.3) is 0 Å². The number of methoxy groups -OCH3 is 1. The third-order valence-electron chi connectivity index (χ3n) is 5.03. The van der Waals surface area contributed by atoms with Crippen molar-refractivity contribution in [2.24, 2.45) is 0 Å². The Morgan fingerprint density at radius 3 is 2.60 bits per heavy atom. The van der Waals surface area contributed by atoms with Gasteiger partial charge in [-0.05, 0) is 49.7 Å². The molecule has 152 valence electrons. The number of nitrogens with one attached hydrogen (secondary N) is 2. The molecule has 2 aromatic carbocycles. The van der Waals surface area contributed by atoms with Gasteiger partial charge < -0.3 is 20.1 Å². The fourth-order valence-corrected chi connectivity index (χ4v) is 3.24. The first-order valence-corrected chi connectivity index (χ1v) is 9.42. The number of anilines is 2. The minimum atomic E-state index is -0.604. The number of carbonyl (C=O) groups excluding carboxylic acids is 2. The van der Waals surface area contributed by atoms with Crippen molar-refractivity contribution in [3.63, 3.8) is 0 Å². The number of benzene rings is 2. The van der Waals surface area contributed by atoms with Gasteiger partial charge in [0.15, 0.2) is 0 Å². The predicted octanol–water partition coefficient (Wildman–Crippen LogP) is 4.36. The molecule has 1 aliphatic heterocycles. The number of carbonyl (C=O) groups is 2. The highest BCUT2D eigenvalue weighted by molar-refractivity contribution is 6.09. The molecule has 2 amide bonds. The maximum Gasteiger partial charge on any atom is 0.255 e. The van der Waals surface area contributed by atoms with Crippen LogP contribution in [-0.4, -0.2) is 23.9 Å². The van der Waals surface area contributed by atoms with E-state index in [1.165, 1.54) is 6.20 Å². The van der Waals surface area contributed by atoms with Gasteiger partial charge in [-0.2, -0.15) is 0 Å². The van der Waals surface area contributed by atoms with E-state index in [0.29, 0.717) is 34.3 Å². The van der Waals surface area contributed by atoms with E-state index in [1.807, 2.05) is 32.0 Å². The molecular weight excluding hydrogens is 382 g/mol. The van der Waals surface area contributed by atoms with E-state index in [1.54, 1.807) is 43.5 Å². The molecule has 0 saturated carbocycles. The topological polar surface area (TPSA) is 89.5 Å². The Kier molecular flexibility index (Phi) is 4.87. The normalized spacial score (nSPS) is 13.9. The third-order valence-corrected chi connectivity index (χ3v) is 5.03. The fourth-order valence-electron chi connectivity index (χ4n) is 3.24. The zero-order valence-corrected chi connectivity index (χ0v) is 16.9. The monoisotopic (exact) mass is 403 g/mol. The Morgan fingerprint density at radius 1 is 1.07 bits per heavy atom. The highest BCUT2D eigenvalue weighted by atomic mass is 16.5.